The fourth-order valence-corrected chi connectivity index (χ4v) is 3.61. The number of nitrogens with two attached hydrogens (primary N) is 1. The summed E-state index contributed by atoms with van der Waals surface area (Å²) in [5.74, 6) is 0.600. The second kappa shape index (κ2) is 5.88. The third-order valence-electron chi connectivity index (χ3n) is 3.52. The van der Waals surface area contributed by atoms with E-state index in [4.69, 9.17) is 5.73 Å². The highest BCUT2D eigenvalue weighted by Gasteiger charge is 2.29. The molecule has 5 nitrogen and oxygen atoms in total. The Balaban J connectivity index is 1.90. The molecule has 1 aliphatic rings. The molecule has 3 rings (SSSR count). The SMILES string of the molecule is Nc1nc(NC2CCNCC2)c2cc(CC(F)(F)F)sc2n1. The summed E-state index contributed by atoms with van der Waals surface area (Å²) < 4.78 is 37.6. The van der Waals surface area contributed by atoms with E-state index in [1.807, 2.05) is 0 Å². The second-order valence-electron chi connectivity index (χ2n) is 5.32. The van der Waals surface area contributed by atoms with Gasteiger partial charge >= 0.3 is 6.18 Å². The summed E-state index contributed by atoms with van der Waals surface area (Å²) in [6.45, 7) is 1.81. The number of hydrogen-bond acceptors (Lipinski definition) is 6. The van der Waals surface area contributed by atoms with Gasteiger partial charge in [0.05, 0.1) is 11.8 Å². The van der Waals surface area contributed by atoms with Crippen LogP contribution >= 0.6 is 11.3 Å². The average Bonchev–Trinajstić information content (AvgIpc) is 2.80. The van der Waals surface area contributed by atoms with Crippen LogP contribution in [-0.2, 0) is 6.42 Å². The number of thiophene rings is 1. The fraction of sp³-hybridized carbons (Fsp3) is 0.538. The first-order chi connectivity index (χ1) is 10.4. The highest BCUT2D eigenvalue weighted by molar-refractivity contribution is 7.18. The maximum Gasteiger partial charge on any atom is 0.393 e. The van der Waals surface area contributed by atoms with Crippen molar-refractivity contribution in [2.75, 3.05) is 24.1 Å². The van der Waals surface area contributed by atoms with E-state index in [2.05, 4.69) is 20.6 Å². The molecular formula is C13H16F3N5S. The van der Waals surface area contributed by atoms with E-state index in [-0.39, 0.29) is 16.9 Å². The fourth-order valence-electron chi connectivity index (χ4n) is 2.54. The predicted molar refractivity (Wildman–Crippen MR) is 81.1 cm³/mol. The first-order valence-corrected chi connectivity index (χ1v) is 7.82. The zero-order valence-electron chi connectivity index (χ0n) is 11.7. The molecule has 0 spiro atoms. The highest BCUT2D eigenvalue weighted by atomic mass is 32.1. The minimum Gasteiger partial charge on any atom is -0.368 e. The van der Waals surface area contributed by atoms with Gasteiger partial charge in [0.25, 0.3) is 0 Å². The van der Waals surface area contributed by atoms with Crippen molar-refractivity contribution >= 4 is 33.3 Å². The zero-order chi connectivity index (χ0) is 15.7. The van der Waals surface area contributed by atoms with E-state index in [9.17, 15) is 13.2 Å². The monoisotopic (exact) mass is 331 g/mol. The van der Waals surface area contributed by atoms with Gasteiger partial charge in [0.1, 0.15) is 10.6 Å². The van der Waals surface area contributed by atoms with Crippen molar-refractivity contribution < 1.29 is 13.2 Å². The van der Waals surface area contributed by atoms with Crippen molar-refractivity contribution in [3.05, 3.63) is 10.9 Å². The number of nitrogen functional groups attached to an aromatic ring is 1. The molecule has 1 fully saturated rings. The van der Waals surface area contributed by atoms with E-state index < -0.39 is 12.6 Å². The van der Waals surface area contributed by atoms with Crippen LogP contribution in [0.1, 0.15) is 17.7 Å². The molecule has 9 heteroatoms. The van der Waals surface area contributed by atoms with Crippen LogP contribution in [0.25, 0.3) is 10.2 Å². The largest absolute Gasteiger partial charge is 0.393 e. The lowest BCUT2D eigenvalue weighted by atomic mass is 10.1. The van der Waals surface area contributed by atoms with Crippen molar-refractivity contribution in [2.45, 2.75) is 31.5 Å². The molecule has 3 heterocycles. The van der Waals surface area contributed by atoms with Gasteiger partial charge < -0.3 is 16.4 Å². The van der Waals surface area contributed by atoms with Gasteiger partial charge in [0.2, 0.25) is 5.95 Å². The molecule has 2 aromatic heterocycles. The summed E-state index contributed by atoms with van der Waals surface area (Å²) in [5, 5.41) is 7.16. The van der Waals surface area contributed by atoms with Gasteiger partial charge in [0, 0.05) is 10.9 Å². The lowest BCUT2D eigenvalue weighted by Gasteiger charge is -2.24. The van der Waals surface area contributed by atoms with Gasteiger partial charge in [0.15, 0.2) is 0 Å². The van der Waals surface area contributed by atoms with Crippen LogP contribution < -0.4 is 16.4 Å². The Labute approximate surface area is 129 Å². The Morgan fingerprint density at radius 1 is 1.32 bits per heavy atom. The number of anilines is 2. The van der Waals surface area contributed by atoms with Gasteiger partial charge in [-0.05, 0) is 32.0 Å². The standard InChI is InChI=1S/C13H16F3N5S/c14-13(15,16)6-8-5-9-10(19-7-1-3-18-4-2-7)20-12(17)21-11(9)22-8/h5,7,18H,1-4,6H2,(H3,17,19,20,21). The number of piperidine rings is 1. The molecule has 0 amide bonds. The van der Waals surface area contributed by atoms with Crippen LogP contribution in [0, 0.1) is 0 Å². The van der Waals surface area contributed by atoms with Gasteiger partial charge in [-0.3, -0.25) is 0 Å². The number of rotatable bonds is 3. The van der Waals surface area contributed by atoms with Crippen LogP contribution in [0.3, 0.4) is 0 Å². The zero-order valence-corrected chi connectivity index (χ0v) is 12.5. The smallest absolute Gasteiger partial charge is 0.368 e. The first-order valence-electron chi connectivity index (χ1n) is 7.01. The molecule has 22 heavy (non-hydrogen) atoms. The maximum atomic E-state index is 12.5. The molecule has 1 aliphatic heterocycles. The van der Waals surface area contributed by atoms with E-state index in [1.165, 1.54) is 6.07 Å². The first kappa shape index (κ1) is 15.3. The molecule has 120 valence electrons. The second-order valence-corrected chi connectivity index (χ2v) is 6.44. The maximum absolute atomic E-state index is 12.5. The van der Waals surface area contributed by atoms with Crippen molar-refractivity contribution in [2.24, 2.45) is 0 Å². The van der Waals surface area contributed by atoms with Gasteiger partial charge in [-0.25, -0.2) is 4.98 Å². The quantitative estimate of drug-likeness (QED) is 0.806. The Kier molecular flexibility index (Phi) is 4.09. The topological polar surface area (TPSA) is 75.9 Å². The van der Waals surface area contributed by atoms with Gasteiger partial charge in [-0.15, -0.1) is 11.3 Å². The van der Waals surface area contributed by atoms with E-state index in [0.717, 1.165) is 37.3 Å². The van der Waals surface area contributed by atoms with Crippen LogP contribution in [0.5, 0.6) is 0 Å². The molecule has 0 bridgehead atoms. The number of fused-ring (bicyclic) bond motifs is 1. The molecule has 0 atom stereocenters. The summed E-state index contributed by atoms with van der Waals surface area (Å²) >= 11 is 1.01. The van der Waals surface area contributed by atoms with E-state index in [1.54, 1.807) is 0 Å². The molecule has 4 N–H and O–H groups in total. The number of hydrogen-bond donors (Lipinski definition) is 3. The summed E-state index contributed by atoms with van der Waals surface area (Å²) in [5.41, 5.74) is 5.68. The van der Waals surface area contributed by atoms with Crippen LogP contribution in [-0.4, -0.2) is 35.3 Å². The molecule has 0 aromatic carbocycles. The number of halogens is 3. The molecule has 1 saturated heterocycles. The molecule has 0 saturated carbocycles. The van der Waals surface area contributed by atoms with Crippen LogP contribution in [0.2, 0.25) is 0 Å². The van der Waals surface area contributed by atoms with Crippen molar-refractivity contribution in [1.29, 1.82) is 0 Å². The number of aromatic nitrogens is 2. The molecule has 2 aromatic rings. The molecular weight excluding hydrogens is 315 g/mol. The predicted octanol–water partition coefficient (Wildman–Crippen LogP) is 2.54. The Bertz CT molecular complexity index is 663. The summed E-state index contributed by atoms with van der Waals surface area (Å²) in [7, 11) is 0. The van der Waals surface area contributed by atoms with Gasteiger partial charge in [-0.2, -0.15) is 18.2 Å². The minimum atomic E-state index is -4.23. The normalized spacial score (nSPS) is 17.0. The summed E-state index contributed by atoms with van der Waals surface area (Å²) in [6, 6.07) is 1.75. The average molecular weight is 331 g/mol. The van der Waals surface area contributed by atoms with Crippen molar-refractivity contribution in [1.82, 2.24) is 15.3 Å². The Morgan fingerprint density at radius 3 is 2.73 bits per heavy atom. The molecule has 0 aliphatic carbocycles. The highest BCUT2D eigenvalue weighted by Crippen LogP contribution is 2.33. The Hall–Kier alpha value is -1.61. The van der Waals surface area contributed by atoms with Crippen LogP contribution in [0.4, 0.5) is 24.9 Å². The number of nitrogens with zero attached hydrogens (tertiary/aromatic N) is 2. The van der Waals surface area contributed by atoms with Gasteiger partial charge in [-0.1, -0.05) is 0 Å². The van der Waals surface area contributed by atoms with Crippen LogP contribution in [0.15, 0.2) is 6.07 Å². The lowest BCUT2D eigenvalue weighted by molar-refractivity contribution is -0.126. The Morgan fingerprint density at radius 2 is 2.05 bits per heavy atom. The van der Waals surface area contributed by atoms with Crippen molar-refractivity contribution in [3.63, 3.8) is 0 Å². The number of alkyl halides is 3. The summed E-state index contributed by atoms with van der Waals surface area (Å²) in [4.78, 5) is 8.92. The summed E-state index contributed by atoms with van der Waals surface area (Å²) in [6.07, 6.45) is -3.32. The third kappa shape index (κ3) is 3.58. The van der Waals surface area contributed by atoms with E-state index >= 15 is 0 Å². The van der Waals surface area contributed by atoms with E-state index in [0.29, 0.717) is 16.0 Å². The van der Waals surface area contributed by atoms with Crippen molar-refractivity contribution in [3.8, 4) is 0 Å². The molecule has 0 radical (unpaired) electrons. The third-order valence-corrected chi connectivity index (χ3v) is 4.54. The lowest BCUT2D eigenvalue weighted by Crippen LogP contribution is -2.35. The number of nitrogens with one attached hydrogen (secondary N) is 2. The minimum absolute atomic E-state index is 0.0735. The molecule has 0 unspecified atom stereocenters.